The summed E-state index contributed by atoms with van der Waals surface area (Å²) in [5.74, 6) is -0.657. The van der Waals surface area contributed by atoms with Crippen LogP contribution in [-0.4, -0.2) is 11.2 Å². The lowest BCUT2D eigenvalue weighted by Crippen LogP contribution is -2.13. The van der Waals surface area contributed by atoms with E-state index in [1.807, 2.05) is 0 Å². The maximum absolute atomic E-state index is 10.8. The first kappa shape index (κ1) is 5.88. The average Bonchev–Trinajstić information content (AvgIpc) is 1.65. The van der Waals surface area contributed by atoms with Gasteiger partial charge in [0, 0.05) is 0 Å². The van der Waals surface area contributed by atoms with Crippen molar-refractivity contribution >= 4 is 21.8 Å². The summed E-state index contributed by atoms with van der Waals surface area (Å²) in [6.07, 6.45) is 0. The Kier molecular flexibility index (Phi) is 3.02. The Bertz CT molecular complexity index is 51.5. The maximum atomic E-state index is 10.8. The van der Waals surface area contributed by atoms with Crippen LogP contribution in [0.25, 0.3) is 0 Å². The molecule has 0 aromatic heterocycles. The molecule has 0 atom stereocenters. The molecule has 0 heterocycles. The summed E-state index contributed by atoms with van der Waals surface area (Å²) < 4.78 is 10.8. The molecule has 0 radical (unpaired) electrons. The number of halogens is 2. The largest absolute Gasteiger partial charge is 0.272 e. The van der Waals surface area contributed by atoms with Crippen molar-refractivity contribution in [2.24, 2.45) is 0 Å². The highest BCUT2D eigenvalue weighted by Gasteiger charge is 1.89. The highest BCUT2D eigenvalue weighted by Crippen LogP contribution is 1.75. The van der Waals surface area contributed by atoms with E-state index in [1.165, 1.54) is 0 Å². The summed E-state index contributed by atoms with van der Waals surface area (Å²) in [4.78, 5) is 9.65. The molecule has 0 aliphatic carbocycles. The lowest BCUT2D eigenvalue weighted by atomic mass is 10.8. The number of hydrogen-bond acceptors (Lipinski definition) is 1. The van der Waals surface area contributed by atoms with E-state index in [1.54, 1.807) is 0 Å². The van der Waals surface area contributed by atoms with Crippen LogP contribution in [0.3, 0.4) is 0 Å². The smallest absolute Gasteiger partial charge is 0.258 e. The van der Waals surface area contributed by atoms with E-state index >= 15 is 0 Å². The summed E-state index contributed by atoms with van der Waals surface area (Å²) in [6.45, 7) is 0. The fourth-order valence-electron chi connectivity index (χ4n) is 0.0253. The number of amides is 1. The van der Waals surface area contributed by atoms with Gasteiger partial charge in [0.15, 0.2) is 0 Å². The van der Waals surface area contributed by atoms with Gasteiger partial charge in [-0.3, -0.25) is 4.79 Å². The molecular weight excluding hydrogens is 153 g/mol. The molecule has 0 unspecified atom stereocenters. The average molecular weight is 156 g/mol. The Morgan fingerprint density at radius 2 is 2.50 bits per heavy atom. The second-order valence-electron chi connectivity index (χ2n) is 0.651. The van der Waals surface area contributed by atoms with Gasteiger partial charge in [-0.05, 0) is 0 Å². The lowest BCUT2D eigenvalue weighted by Gasteiger charge is -1.80. The topological polar surface area (TPSA) is 29.1 Å². The molecule has 0 aliphatic rings. The van der Waals surface area contributed by atoms with Crippen LogP contribution in [0, 0.1) is 0 Å². The molecule has 0 saturated heterocycles. The van der Waals surface area contributed by atoms with Crippen molar-refractivity contribution < 1.29 is 9.28 Å². The number of carbonyl (C=O) groups excluding carboxylic acids is 1. The molecule has 4 heteroatoms. The van der Waals surface area contributed by atoms with E-state index in [-0.39, 0.29) is 5.33 Å². The Labute approximate surface area is 42.8 Å². The first-order chi connectivity index (χ1) is 2.81. The molecule has 1 N–H and O–H groups in total. The number of nitrogens with one attached hydrogen (secondary N) is 1. The Balaban J connectivity index is 2.99. The molecule has 0 bridgehead atoms. The van der Waals surface area contributed by atoms with Gasteiger partial charge in [0.05, 0.1) is 5.33 Å². The van der Waals surface area contributed by atoms with Gasteiger partial charge in [-0.2, -0.15) is 5.54 Å². The van der Waals surface area contributed by atoms with Gasteiger partial charge in [0.25, 0.3) is 5.91 Å². The van der Waals surface area contributed by atoms with Gasteiger partial charge in [0.2, 0.25) is 0 Å². The minimum atomic E-state index is -0.657. The second kappa shape index (κ2) is 3.08. The van der Waals surface area contributed by atoms with Crippen LogP contribution < -0.4 is 5.54 Å². The van der Waals surface area contributed by atoms with Crippen LogP contribution in [0.4, 0.5) is 4.48 Å². The fourth-order valence-corrected chi connectivity index (χ4v) is 0.131. The molecule has 36 valence electrons. The summed E-state index contributed by atoms with van der Waals surface area (Å²) in [5, 5.41) is 0.0174. The van der Waals surface area contributed by atoms with Gasteiger partial charge < -0.3 is 0 Å². The van der Waals surface area contributed by atoms with E-state index in [0.29, 0.717) is 0 Å². The zero-order valence-corrected chi connectivity index (χ0v) is 4.46. The second-order valence-corrected chi connectivity index (χ2v) is 1.21. The van der Waals surface area contributed by atoms with Gasteiger partial charge in [-0.25, -0.2) is 0 Å². The monoisotopic (exact) mass is 155 g/mol. The van der Waals surface area contributed by atoms with E-state index in [2.05, 4.69) is 15.9 Å². The number of carbonyl (C=O) groups is 1. The van der Waals surface area contributed by atoms with Crippen molar-refractivity contribution in [2.45, 2.75) is 0 Å². The third-order valence-corrected chi connectivity index (χ3v) is 0.736. The molecule has 0 aromatic rings. The van der Waals surface area contributed by atoms with Gasteiger partial charge in [-0.1, -0.05) is 15.9 Å². The first-order valence-electron chi connectivity index (χ1n) is 1.26. The van der Waals surface area contributed by atoms with Gasteiger partial charge in [-0.15, -0.1) is 4.48 Å². The van der Waals surface area contributed by atoms with Crippen LogP contribution >= 0.6 is 15.9 Å². The normalized spacial score (nSPS) is 7.67. The molecule has 6 heavy (non-hydrogen) atoms. The Morgan fingerprint density at radius 3 is 2.50 bits per heavy atom. The SMILES string of the molecule is O=C(CBr)NF. The third kappa shape index (κ3) is 2.14. The van der Waals surface area contributed by atoms with Crippen molar-refractivity contribution in [3.63, 3.8) is 0 Å². The Morgan fingerprint density at radius 1 is 2.00 bits per heavy atom. The molecule has 0 aliphatic heterocycles. The van der Waals surface area contributed by atoms with E-state index in [4.69, 9.17) is 0 Å². The summed E-state index contributed by atoms with van der Waals surface area (Å²) in [6, 6.07) is 0. The standard InChI is InChI=1S/C2H3BrFNO/c3-1-2(6)5-4/h1H2,(H,5,6). The van der Waals surface area contributed by atoms with Crippen LogP contribution in [0.5, 0.6) is 0 Å². The predicted molar refractivity (Wildman–Crippen MR) is 23.0 cm³/mol. The maximum Gasteiger partial charge on any atom is 0.258 e. The van der Waals surface area contributed by atoms with Crippen molar-refractivity contribution in [3.05, 3.63) is 0 Å². The zero-order chi connectivity index (χ0) is 4.99. The van der Waals surface area contributed by atoms with Crippen LogP contribution in [-0.2, 0) is 4.79 Å². The van der Waals surface area contributed by atoms with Crippen LogP contribution in [0.2, 0.25) is 0 Å². The molecule has 0 aromatic carbocycles. The molecule has 2 nitrogen and oxygen atoms in total. The minimum Gasteiger partial charge on any atom is -0.272 e. The quantitative estimate of drug-likeness (QED) is 0.431. The van der Waals surface area contributed by atoms with E-state index in [9.17, 15) is 9.28 Å². The summed E-state index contributed by atoms with van der Waals surface area (Å²) in [5.41, 5.74) is 0.929. The summed E-state index contributed by atoms with van der Waals surface area (Å²) >= 11 is 2.72. The van der Waals surface area contributed by atoms with Crippen LogP contribution in [0.15, 0.2) is 0 Å². The number of alkyl halides is 1. The van der Waals surface area contributed by atoms with Crippen molar-refractivity contribution in [1.29, 1.82) is 0 Å². The van der Waals surface area contributed by atoms with Crippen molar-refractivity contribution in [1.82, 2.24) is 5.54 Å². The third-order valence-electron chi connectivity index (χ3n) is 0.227. The van der Waals surface area contributed by atoms with Crippen molar-refractivity contribution in [3.8, 4) is 0 Å². The van der Waals surface area contributed by atoms with E-state index in [0.717, 1.165) is 5.54 Å². The summed E-state index contributed by atoms with van der Waals surface area (Å²) in [7, 11) is 0. The van der Waals surface area contributed by atoms with E-state index < -0.39 is 5.91 Å². The number of hydrogen-bond donors (Lipinski definition) is 1. The van der Waals surface area contributed by atoms with Crippen LogP contribution in [0.1, 0.15) is 0 Å². The molecule has 0 saturated carbocycles. The van der Waals surface area contributed by atoms with Crippen molar-refractivity contribution in [2.75, 3.05) is 5.33 Å². The highest BCUT2D eigenvalue weighted by molar-refractivity contribution is 9.09. The number of rotatable bonds is 1. The minimum absolute atomic E-state index is 0.0174. The highest BCUT2D eigenvalue weighted by atomic mass is 79.9. The molecule has 0 spiro atoms. The van der Waals surface area contributed by atoms with Gasteiger partial charge >= 0.3 is 0 Å². The molecule has 0 fully saturated rings. The molecule has 1 amide bonds. The van der Waals surface area contributed by atoms with Gasteiger partial charge in [0.1, 0.15) is 0 Å². The molecular formula is C2H3BrFNO. The zero-order valence-electron chi connectivity index (χ0n) is 2.87. The Hall–Kier alpha value is -0.120. The first-order valence-corrected chi connectivity index (χ1v) is 2.39. The fraction of sp³-hybridized carbons (Fsp3) is 0.500. The predicted octanol–water partition coefficient (Wildman–Crippen LogP) is 0.382. The lowest BCUT2D eigenvalue weighted by molar-refractivity contribution is -0.122. The molecule has 0 rings (SSSR count).